The van der Waals surface area contributed by atoms with Gasteiger partial charge >= 0.3 is 30.1 Å². The Labute approximate surface area is 423 Å². The van der Waals surface area contributed by atoms with Crippen LogP contribution < -0.4 is 16.8 Å². The largest absolute Gasteiger partial charge is 0.481 e. The van der Waals surface area contributed by atoms with Gasteiger partial charge in [0.2, 0.25) is 11.8 Å². The molecule has 5 aromatic carbocycles. The molecule has 0 saturated heterocycles. The number of unbranched alkanes of at least 4 members (excludes halogenated alkanes) is 1. The summed E-state index contributed by atoms with van der Waals surface area (Å²) in [5.74, 6) is -11.6. The molecule has 0 aromatic heterocycles. The summed E-state index contributed by atoms with van der Waals surface area (Å²) in [6.07, 6.45) is -4.30. The van der Waals surface area contributed by atoms with Crippen molar-refractivity contribution in [3.05, 3.63) is 179 Å². The van der Waals surface area contributed by atoms with Crippen molar-refractivity contribution in [3.8, 4) is 0 Å². The SMILES string of the molecule is C[C@H](NC(=O)[C@H](C(Cc1ccccc1)C(=O)O)N(C(=O)[C@@H](N)CC(Cc1ccccc1)C(=O)O)C(=O)[C@H](CCCCN)N(C(=O)OCc1ccccc1)C(=O)OCc1ccccc1)C(=O)OCc1ccccc1. The van der Waals surface area contributed by atoms with Crippen LogP contribution >= 0.6 is 0 Å². The van der Waals surface area contributed by atoms with E-state index in [1.807, 2.05) is 0 Å². The summed E-state index contributed by atoms with van der Waals surface area (Å²) in [5.41, 5.74) is 15.0. The van der Waals surface area contributed by atoms with Crippen molar-refractivity contribution in [3.63, 3.8) is 0 Å². The Kier molecular flexibility index (Phi) is 21.8. The average Bonchev–Trinajstić information content (AvgIpc) is 3.40. The van der Waals surface area contributed by atoms with E-state index in [9.17, 15) is 34.2 Å². The van der Waals surface area contributed by atoms with Crippen molar-refractivity contribution in [2.24, 2.45) is 23.3 Å². The number of esters is 1. The van der Waals surface area contributed by atoms with Gasteiger partial charge in [0, 0.05) is 0 Å². The Balaban J connectivity index is 1.67. The molecule has 5 rings (SSSR count). The molecule has 0 heterocycles. The van der Waals surface area contributed by atoms with Crippen LogP contribution in [0.5, 0.6) is 0 Å². The first-order chi connectivity index (χ1) is 35.2. The van der Waals surface area contributed by atoms with E-state index >= 15 is 14.4 Å². The number of carboxylic acid groups (broad SMARTS) is 2. The van der Waals surface area contributed by atoms with Crippen molar-refractivity contribution < 1.29 is 62.8 Å². The highest BCUT2D eigenvalue weighted by atomic mass is 16.6. The van der Waals surface area contributed by atoms with Gasteiger partial charge in [0.05, 0.1) is 17.9 Å². The number of hydrogen-bond donors (Lipinski definition) is 5. The van der Waals surface area contributed by atoms with Crippen LogP contribution in [0, 0.1) is 11.8 Å². The minimum Gasteiger partial charge on any atom is -0.481 e. The van der Waals surface area contributed by atoms with Gasteiger partial charge in [0.15, 0.2) is 0 Å². The van der Waals surface area contributed by atoms with Gasteiger partial charge in [-0.3, -0.25) is 28.9 Å². The molecule has 18 heteroatoms. The van der Waals surface area contributed by atoms with Crippen LogP contribution in [-0.2, 0) is 75.6 Å². The van der Waals surface area contributed by atoms with Crippen LogP contribution in [0.1, 0.15) is 60.4 Å². The van der Waals surface area contributed by atoms with Gasteiger partial charge in [-0.2, -0.15) is 4.90 Å². The lowest BCUT2D eigenvalue weighted by molar-refractivity contribution is -0.162. The quantitative estimate of drug-likeness (QED) is 0.0240. The molecule has 0 radical (unpaired) electrons. The monoisotopic (exact) mass is 999 g/mol. The molecule has 5 aromatic rings. The van der Waals surface area contributed by atoms with Crippen molar-refractivity contribution in [1.29, 1.82) is 0 Å². The molecule has 6 atom stereocenters. The van der Waals surface area contributed by atoms with E-state index in [0.29, 0.717) is 32.7 Å². The average molecular weight is 1000 g/mol. The fourth-order valence-corrected chi connectivity index (χ4v) is 7.94. The fraction of sp³-hybridized carbons (Fsp3) is 0.309. The van der Waals surface area contributed by atoms with Gasteiger partial charge in [-0.1, -0.05) is 152 Å². The number of aliphatic carboxylic acids is 2. The van der Waals surface area contributed by atoms with Crippen LogP contribution in [0.15, 0.2) is 152 Å². The van der Waals surface area contributed by atoms with Crippen LogP contribution in [0.2, 0.25) is 0 Å². The normalized spacial score (nSPS) is 13.4. The highest BCUT2D eigenvalue weighted by molar-refractivity contribution is 6.07. The van der Waals surface area contributed by atoms with E-state index in [4.69, 9.17) is 25.7 Å². The summed E-state index contributed by atoms with van der Waals surface area (Å²) in [6, 6.07) is 33.8. The van der Waals surface area contributed by atoms with E-state index in [2.05, 4.69) is 5.32 Å². The third kappa shape index (κ3) is 17.0. The van der Waals surface area contributed by atoms with Gasteiger partial charge in [-0.15, -0.1) is 0 Å². The number of imide groups is 2. The Bertz CT molecular complexity index is 2540. The zero-order valence-corrected chi connectivity index (χ0v) is 40.4. The lowest BCUT2D eigenvalue weighted by Gasteiger charge is -2.38. The number of benzene rings is 5. The van der Waals surface area contributed by atoms with Gasteiger partial charge < -0.3 is 41.2 Å². The zero-order chi connectivity index (χ0) is 52.7. The lowest BCUT2D eigenvalue weighted by atomic mass is 9.87. The maximum absolute atomic E-state index is 15.9. The second-order valence-electron chi connectivity index (χ2n) is 17.3. The number of ether oxygens (including phenoxy) is 3. The number of nitrogens with one attached hydrogen (secondary N) is 1. The van der Waals surface area contributed by atoms with E-state index in [0.717, 1.165) is 0 Å². The number of carbonyl (C=O) groups excluding carboxylic acids is 6. The highest BCUT2D eigenvalue weighted by Gasteiger charge is 2.50. The zero-order valence-electron chi connectivity index (χ0n) is 40.4. The number of hydrogen-bond acceptors (Lipinski definition) is 13. The van der Waals surface area contributed by atoms with Crippen molar-refractivity contribution in [2.45, 2.75) is 89.4 Å². The first kappa shape index (κ1) is 55.7. The molecular formula is C55H61N5O13. The first-order valence-electron chi connectivity index (χ1n) is 23.8. The maximum atomic E-state index is 15.9. The first-order valence-corrected chi connectivity index (χ1v) is 23.8. The topological polar surface area (TPSA) is 275 Å². The summed E-state index contributed by atoms with van der Waals surface area (Å²) in [4.78, 5) is 116. The molecule has 7 N–H and O–H groups in total. The Morgan fingerprint density at radius 2 is 0.973 bits per heavy atom. The second-order valence-corrected chi connectivity index (χ2v) is 17.3. The number of nitrogens with two attached hydrogens (primary N) is 2. The fourth-order valence-electron chi connectivity index (χ4n) is 7.94. The molecule has 18 nitrogen and oxygen atoms in total. The predicted molar refractivity (Wildman–Crippen MR) is 266 cm³/mol. The van der Waals surface area contributed by atoms with E-state index in [-0.39, 0.29) is 37.3 Å². The van der Waals surface area contributed by atoms with Gasteiger partial charge in [-0.05, 0) is 79.8 Å². The molecule has 2 unspecified atom stereocenters. The second kappa shape index (κ2) is 28.6. The van der Waals surface area contributed by atoms with Crippen molar-refractivity contribution >= 4 is 47.8 Å². The lowest BCUT2D eigenvalue weighted by Crippen LogP contribution is -2.65. The summed E-state index contributed by atoms with van der Waals surface area (Å²) in [6.45, 7) is 0.309. The summed E-state index contributed by atoms with van der Waals surface area (Å²) in [5, 5.41) is 23.9. The van der Waals surface area contributed by atoms with E-state index < -0.39 is 116 Å². The molecule has 0 aliphatic carbocycles. The van der Waals surface area contributed by atoms with Gasteiger partial charge in [-0.25, -0.2) is 14.4 Å². The smallest absolute Gasteiger partial charge is 0.420 e. The van der Waals surface area contributed by atoms with E-state index in [1.165, 1.54) is 6.92 Å². The minimum atomic E-state index is -2.40. The molecule has 0 fully saturated rings. The van der Waals surface area contributed by atoms with Gasteiger partial charge in [0.25, 0.3) is 5.91 Å². The Morgan fingerprint density at radius 3 is 1.40 bits per heavy atom. The van der Waals surface area contributed by atoms with E-state index in [1.54, 1.807) is 152 Å². The molecule has 5 amide bonds. The molecule has 0 spiro atoms. The number of nitrogens with zero attached hydrogens (tertiary/aromatic N) is 2. The summed E-state index contributed by atoms with van der Waals surface area (Å²) < 4.78 is 16.7. The molecule has 0 saturated carbocycles. The molecule has 0 aliphatic rings. The maximum Gasteiger partial charge on any atom is 0.420 e. The van der Waals surface area contributed by atoms with Crippen LogP contribution in [0.3, 0.4) is 0 Å². The highest BCUT2D eigenvalue weighted by Crippen LogP contribution is 2.27. The van der Waals surface area contributed by atoms with Gasteiger partial charge in [0.1, 0.15) is 37.9 Å². The standard InChI is InChI=1S/C55H61N5O13/c1-37(53(68)71-34-40-23-11-4-12-24-40)58-48(61)47(44(52(66)67)32-39-21-9-3-10-22-39)60(49(62)45(57)33-43(51(64)65)31-38-19-7-2-8-20-38)50(63)46(29-17-18-30-56)59(54(69)72-35-41-25-13-5-14-26-41)55(70)73-36-42-27-15-6-16-28-42/h2-16,19-28,37,43-47H,17-18,29-36,56-57H2,1H3,(H,58,61)(H,64,65)(H,66,67)/t37-,43?,44?,45-,46-,47-/m0/s1. The molecular weight excluding hydrogens is 939 g/mol. The number of amides is 5. The van der Waals surface area contributed by atoms with Crippen LogP contribution in [0.4, 0.5) is 9.59 Å². The van der Waals surface area contributed by atoms with Crippen molar-refractivity contribution in [1.82, 2.24) is 15.1 Å². The molecule has 0 bridgehead atoms. The summed E-state index contributed by atoms with van der Waals surface area (Å²) >= 11 is 0. The molecule has 0 aliphatic heterocycles. The third-order valence-electron chi connectivity index (χ3n) is 11.8. The Hall–Kier alpha value is -8.22. The number of carbonyl (C=O) groups is 8. The third-order valence-corrected chi connectivity index (χ3v) is 11.8. The molecule has 73 heavy (non-hydrogen) atoms. The summed E-state index contributed by atoms with van der Waals surface area (Å²) in [7, 11) is 0. The molecule has 384 valence electrons. The number of carboxylic acids is 2. The van der Waals surface area contributed by atoms with Crippen molar-refractivity contribution in [2.75, 3.05) is 6.54 Å². The number of rotatable bonds is 26. The Morgan fingerprint density at radius 1 is 0.548 bits per heavy atom. The van der Waals surface area contributed by atoms with Crippen LogP contribution in [-0.4, -0.2) is 98.5 Å². The minimum absolute atomic E-state index is 0.0150. The van der Waals surface area contributed by atoms with Crippen LogP contribution in [0.25, 0.3) is 0 Å². The predicted octanol–water partition coefficient (Wildman–Crippen LogP) is 6.04.